The molecule has 0 radical (unpaired) electrons. The highest BCUT2D eigenvalue weighted by Gasteiger charge is 2.26. The third-order valence-electron chi connectivity index (χ3n) is 5.42. The number of carboxylic acids is 1. The van der Waals surface area contributed by atoms with Gasteiger partial charge in [-0.25, -0.2) is 4.79 Å². The minimum absolute atomic E-state index is 0.350. The van der Waals surface area contributed by atoms with Crippen LogP contribution in [-0.2, 0) is 4.79 Å². The molecule has 2 N–H and O–H groups in total. The lowest BCUT2D eigenvalue weighted by Crippen LogP contribution is -2.10. The largest absolute Gasteiger partial charge is 0.478 e. The van der Waals surface area contributed by atoms with Gasteiger partial charge in [-0.15, -0.1) is 0 Å². The van der Waals surface area contributed by atoms with Crippen molar-refractivity contribution in [2.75, 3.05) is 6.61 Å². The third-order valence-corrected chi connectivity index (χ3v) is 5.42. The van der Waals surface area contributed by atoms with Gasteiger partial charge in [0.15, 0.2) is 0 Å². The van der Waals surface area contributed by atoms with Crippen LogP contribution in [-0.4, -0.2) is 22.8 Å². The number of aliphatic hydroxyl groups excluding tert-OH is 1. The monoisotopic (exact) mass is 336 g/mol. The molecule has 0 bridgehead atoms. The van der Waals surface area contributed by atoms with Crippen LogP contribution < -0.4 is 0 Å². The predicted octanol–water partition coefficient (Wildman–Crippen LogP) is 5.35. The van der Waals surface area contributed by atoms with Gasteiger partial charge in [0.2, 0.25) is 0 Å². The molecule has 0 spiro atoms. The van der Waals surface area contributed by atoms with Gasteiger partial charge in [0.25, 0.3) is 0 Å². The molecule has 3 nitrogen and oxygen atoms in total. The molecule has 1 fully saturated rings. The molecule has 1 aliphatic rings. The van der Waals surface area contributed by atoms with Gasteiger partial charge in [0, 0.05) is 12.7 Å². The lowest BCUT2D eigenvalue weighted by atomic mass is 9.86. The van der Waals surface area contributed by atoms with Crippen molar-refractivity contribution in [1.82, 2.24) is 0 Å². The number of hydrogen-bond donors (Lipinski definition) is 2. The number of carboxylic acid groups (broad SMARTS) is 1. The van der Waals surface area contributed by atoms with Gasteiger partial charge in [0.1, 0.15) is 0 Å². The number of unbranched alkanes of at least 4 members (excludes halogenated alkanes) is 1. The lowest BCUT2D eigenvalue weighted by molar-refractivity contribution is -0.131. The Kier molecular flexibility index (Phi) is 11.5. The van der Waals surface area contributed by atoms with E-state index in [0.29, 0.717) is 12.5 Å². The van der Waals surface area contributed by atoms with Crippen molar-refractivity contribution in [2.24, 2.45) is 17.8 Å². The molecule has 0 aromatic heterocycles. The van der Waals surface area contributed by atoms with Crippen LogP contribution in [0.4, 0.5) is 0 Å². The molecule has 24 heavy (non-hydrogen) atoms. The van der Waals surface area contributed by atoms with Gasteiger partial charge < -0.3 is 10.2 Å². The predicted molar refractivity (Wildman–Crippen MR) is 99.9 cm³/mol. The van der Waals surface area contributed by atoms with Crippen molar-refractivity contribution in [3.05, 3.63) is 24.3 Å². The average Bonchev–Trinajstić information content (AvgIpc) is 3.01. The summed E-state index contributed by atoms with van der Waals surface area (Å²) >= 11 is 0. The summed E-state index contributed by atoms with van der Waals surface area (Å²) in [6.07, 6.45) is 20.4. The Morgan fingerprint density at radius 1 is 1.12 bits per heavy atom. The molecule has 0 heterocycles. The minimum atomic E-state index is -0.893. The average molecular weight is 337 g/mol. The summed E-state index contributed by atoms with van der Waals surface area (Å²) in [6.45, 7) is 2.56. The van der Waals surface area contributed by atoms with E-state index >= 15 is 0 Å². The Morgan fingerprint density at radius 3 is 2.50 bits per heavy atom. The van der Waals surface area contributed by atoms with E-state index < -0.39 is 5.97 Å². The maximum absolute atomic E-state index is 10.4. The maximum atomic E-state index is 10.4. The number of carbonyl (C=O) groups is 1. The summed E-state index contributed by atoms with van der Waals surface area (Å²) < 4.78 is 0. The van der Waals surface area contributed by atoms with E-state index in [0.717, 1.165) is 18.3 Å². The highest BCUT2D eigenvalue weighted by atomic mass is 16.4. The molecule has 0 amide bonds. The van der Waals surface area contributed by atoms with Crippen LogP contribution in [0.25, 0.3) is 0 Å². The Labute approximate surface area is 147 Å². The summed E-state index contributed by atoms with van der Waals surface area (Å²) in [5, 5.41) is 18.0. The molecular formula is C21H36O3. The van der Waals surface area contributed by atoms with E-state index in [2.05, 4.69) is 13.0 Å². The van der Waals surface area contributed by atoms with Crippen molar-refractivity contribution < 1.29 is 15.0 Å². The zero-order valence-corrected chi connectivity index (χ0v) is 15.3. The van der Waals surface area contributed by atoms with Gasteiger partial charge >= 0.3 is 5.97 Å². The molecular weight excluding hydrogens is 300 g/mol. The zero-order valence-electron chi connectivity index (χ0n) is 15.3. The van der Waals surface area contributed by atoms with Crippen LogP contribution in [0.15, 0.2) is 24.3 Å². The van der Waals surface area contributed by atoms with Gasteiger partial charge in [-0.2, -0.15) is 0 Å². The Balaban J connectivity index is 2.21. The molecule has 3 atom stereocenters. The molecule has 0 aromatic carbocycles. The normalized spacial score (nSPS) is 22.6. The molecule has 1 rings (SSSR count). The van der Waals surface area contributed by atoms with E-state index in [9.17, 15) is 9.90 Å². The second-order valence-electron chi connectivity index (χ2n) is 7.28. The highest BCUT2D eigenvalue weighted by Crippen LogP contribution is 2.38. The van der Waals surface area contributed by atoms with Crippen LogP contribution in [0.2, 0.25) is 0 Å². The second kappa shape index (κ2) is 13.2. The van der Waals surface area contributed by atoms with Gasteiger partial charge in [0.05, 0.1) is 0 Å². The van der Waals surface area contributed by atoms with Crippen LogP contribution in [0.1, 0.15) is 77.6 Å². The summed E-state index contributed by atoms with van der Waals surface area (Å²) in [6, 6.07) is 0. The maximum Gasteiger partial charge on any atom is 0.328 e. The number of rotatable bonds is 13. The molecule has 0 aromatic rings. The fourth-order valence-corrected chi connectivity index (χ4v) is 3.99. The third kappa shape index (κ3) is 9.27. The summed E-state index contributed by atoms with van der Waals surface area (Å²) in [5.41, 5.74) is 0. The van der Waals surface area contributed by atoms with Crippen molar-refractivity contribution in [3.63, 3.8) is 0 Å². The smallest absolute Gasteiger partial charge is 0.328 e. The summed E-state index contributed by atoms with van der Waals surface area (Å²) in [4.78, 5) is 10.4. The minimum Gasteiger partial charge on any atom is -0.478 e. The van der Waals surface area contributed by atoms with Crippen molar-refractivity contribution in [1.29, 1.82) is 0 Å². The molecule has 1 aliphatic carbocycles. The Morgan fingerprint density at radius 2 is 1.83 bits per heavy atom. The standard InChI is InChI=1S/C21H36O3/c1-2-3-10-18(17-22)11-8-13-20-15-9-14-19(20)12-6-4-5-7-16-21(23)24/h4-5,7,16,18-20,22H,2-3,6,8-15,17H2,1H3,(H,23,24)/t18?,19-,20-/m0/s1. The second-order valence-corrected chi connectivity index (χ2v) is 7.28. The SMILES string of the molecule is CCCCC(CO)CCC[C@H]1CCC[C@@H]1CCC=CC=CC(=O)O. The molecule has 1 saturated carbocycles. The van der Waals surface area contributed by atoms with E-state index in [-0.39, 0.29) is 0 Å². The number of allylic oxidation sites excluding steroid dienone is 3. The van der Waals surface area contributed by atoms with Gasteiger partial charge in [-0.1, -0.05) is 70.1 Å². The summed E-state index contributed by atoms with van der Waals surface area (Å²) in [7, 11) is 0. The highest BCUT2D eigenvalue weighted by molar-refractivity contribution is 5.80. The first-order chi connectivity index (χ1) is 11.7. The molecule has 138 valence electrons. The van der Waals surface area contributed by atoms with Crippen molar-refractivity contribution >= 4 is 5.97 Å². The van der Waals surface area contributed by atoms with E-state index in [1.54, 1.807) is 6.08 Å². The molecule has 0 aliphatic heterocycles. The van der Waals surface area contributed by atoms with E-state index in [1.807, 2.05) is 6.08 Å². The zero-order chi connectivity index (χ0) is 17.6. The van der Waals surface area contributed by atoms with Crippen molar-refractivity contribution in [3.8, 4) is 0 Å². The first-order valence-electron chi connectivity index (χ1n) is 9.84. The lowest BCUT2D eigenvalue weighted by Gasteiger charge is -2.20. The number of aliphatic carboxylic acids is 1. The van der Waals surface area contributed by atoms with E-state index in [4.69, 9.17) is 5.11 Å². The van der Waals surface area contributed by atoms with Crippen LogP contribution >= 0.6 is 0 Å². The fourth-order valence-electron chi connectivity index (χ4n) is 3.99. The number of hydrogen-bond acceptors (Lipinski definition) is 2. The van der Waals surface area contributed by atoms with Crippen molar-refractivity contribution in [2.45, 2.75) is 77.6 Å². The quantitative estimate of drug-likeness (QED) is 0.352. The van der Waals surface area contributed by atoms with E-state index in [1.165, 1.54) is 70.3 Å². The van der Waals surface area contributed by atoms with Gasteiger partial charge in [-0.3, -0.25) is 0 Å². The fraction of sp³-hybridized carbons (Fsp3) is 0.762. The Hall–Kier alpha value is -1.09. The Bertz CT molecular complexity index is 387. The molecule has 3 heteroatoms. The molecule has 0 saturated heterocycles. The number of aliphatic hydroxyl groups is 1. The summed E-state index contributed by atoms with van der Waals surface area (Å²) in [5.74, 6) is 1.31. The van der Waals surface area contributed by atoms with Crippen LogP contribution in [0, 0.1) is 17.8 Å². The molecule has 1 unspecified atom stereocenters. The topological polar surface area (TPSA) is 57.5 Å². The van der Waals surface area contributed by atoms with Gasteiger partial charge in [-0.05, 0) is 43.4 Å². The van der Waals surface area contributed by atoms with Crippen LogP contribution in [0.5, 0.6) is 0 Å². The van der Waals surface area contributed by atoms with Crippen LogP contribution in [0.3, 0.4) is 0 Å². The first kappa shape index (κ1) is 21.0. The first-order valence-corrected chi connectivity index (χ1v) is 9.84.